The Labute approximate surface area is 104 Å². The normalized spacial score (nSPS) is 10.7. The summed E-state index contributed by atoms with van der Waals surface area (Å²) in [5, 5.41) is 0.991. The Balaban J connectivity index is 2.33. The van der Waals surface area contributed by atoms with E-state index < -0.39 is 5.91 Å². The molecule has 0 bridgehead atoms. The van der Waals surface area contributed by atoms with Crippen LogP contribution in [0, 0.1) is 0 Å². The fraction of sp³-hybridized carbons (Fsp3) is 0. The van der Waals surface area contributed by atoms with Gasteiger partial charge >= 0.3 is 0 Å². The van der Waals surface area contributed by atoms with Crippen molar-refractivity contribution in [2.45, 2.75) is 0 Å². The van der Waals surface area contributed by atoms with Gasteiger partial charge in [0.15, 0.2) is 0 Å². The lowest BCUT2D eigenvalue weighted by atomic mass is 10.00. The molecule has 0 radical (unpaired) electrons. The maximum Gasteiger partial charge on any atom is 0.248 e. The van der Waals surface area contributed by atoms with E-state index in [1.165, 1.54) is 0 Å². The molecule has 3 heteroatoms. The number of benzene rings is 2. The number of aromatic nitrogens is 1. The van der Waals surface area contributed by atoms with Crippen LogP contribution in [0.4, 0.5) is 0 Å². The number of H-pyrrole nitrogens is 1. The second kappa shape index (κ2) is 4.04. The van der Waals surface area contributed by atoms with Crippen LogP contribution in [0.1, 0.15) is 10.4 Å². The average molecular weight is 236 g/mol. The molecule has 0 unspecified atom stereocenters. The van der Waals surface area contributed by atoms with Gasteiger partial charge in [0.2, 0.25) is 5.91 Å². The Kier molecular flexibility index (Phi) is 2.38. The van der Waals surface area contributed by atoms with E-state index in [2.05, 4.69) is 4.98 Å². The first-order chi connectivity index (χ1) is 8.75. The standard InChI is InChI=1S/C15H12N2O/c16-15(18)12-8-11-6-7-17-14(11)13(9-12)10-4-2-1-3-5-10/h1-9,17H,(H2,16,18). The third-order valence-electron chi connectivity index (χ3n) is 3.03. The molecule has 0 fully saturated rings. The molecule has 3 aromatic rings. The van der Waals surface area contributed by atoms with E-state index in [9.17, 15) is 4.79 Å². The molecule has 3 N–H and O–H groups in total. The van der Waals surface area contributed by atoms with Crippen LogP contribution >= 0.6 is 0 Å². The number of hydrogen-bond acceptors (Lipinski definition) is 1. The first kappa shape index (κ1) is 10.6. The van der Waals surface area contributed by atoms with E-state index in [0.717, 1.165) is 22.0 Å². The first-order valence-corrected chi connectivity index (χ1v) is 5.72. The highest BCUT2D eigenvalue weighted by Crippen LogP contribution is 2.29. The van der Waals surface area contributed by atoms with Crippen molar-refractivity contribution < 1.29 is 4.79 Å². The molecule has 3 rings (SSSR count). The zero-order chi connectivity index (χ0) is 12.5. The fourth-order valence-electron chi connectivity index (χ4n) is 2.16. The van der Waals surface area contributed by atoms with E-state index in [1.807, 2.05) is 48.7 Å². The number of primary amides is 1. The SMILES string of the molecule is NC(=O)c1cc(-c2ccccc2)c2[nH]ccc2c1. The lowest BCUT2D eigenvalue weighted by molar-refractivity contribution is 0.100. The van der Waals surface area contributed by atoms with Crippen LogP contribution in [0.3, 0.4) is 0 Å². The number of rotatable bonds is 2. The predicted molar refractivity (Wildman–Crippen MR) is 72.3 cm³/mol. The van der Waals surface area contributed by atoms with Crippen LogP contribution < -0.4 is 5.73 Å². The minimum atomic E-state index is -0.407. The predicted octanol–water partition coefficient (Wildman–Crippen LogP) is 2.93. The monoisotopic (exact) mass is 236 g/mol. The van der Waals surface area contributed by atoms with E-state index >= 15 is 0 Å². The van der Waals surface area contributed by atoms with Gasteiger partial charge in [0.05, 0.1) is 5.52 Å². The summed E-state index contributed by atoms with van der Waals surface area (Å²) in [5.41, 5.74) is 8.98. The van der Waals surface area contributed by atoms with Crippen LogP contribution in [0.5, 0.6) is 0 Å². The molecule has 1 amide bonds. The molecule has 0 saturated heterocycles. The van der Waals surface area contributed by atoms with E-state index in [4.69, 9.17) is 5.73 Å². The highest BCUT2D eigenvalue weighted by molar-refractivity contribution is 6.02. The van der Waals surface area contributed by atoms with Gasteiger partial charge in [-0.3, -0.25) is 4.79 Å². The van der Waals surface area contributed by atoms with Crippen LogP contribution in [-0.2, 0) is 0 Å². The van der Waals surface area contributed by atoms with Crippen molar-refractivity contribution >= 4 is 16.8 Å². The molecular weight excluding hydrogens is 224 g/mol. The Morgan fingerprint density at radius 1 is 1.06 bits per heavy atom. The molecule has 0 aliphatic carbocycles. The van der Waals surface area contributed by atoms with Crippen molar-refractivity contribution in [3.8, 4) is 11.1 Å². The molecule has 0 aliphatic heterocycles. The van der Waals surface area contributed by atoms with Crippen molar-refractivity contribution in [3.63, 3.8) is 0 Å². The molecule has 18 heavy (non-hydrogen) atoms. The zero-order valence-corrected chi connectivity index (χ0v) is 9.68. The van der Waals surface area contributed by atoms with Crippen LogP contribution in [0.2, 0.25) is 0 Å². The maximum absolute atomic E-state index is 11.4. The minimum Gasteiger partial charge on any atom is -0.366 e. The molecule has 0 aliphatic rings. The molecule has 0 atom stereocenters. The lowest BCUT2D eigenvalue weighted by Crippen LogP contribution is -2.10. The van der Waals surface area contributed by atoms with Gasteiger partial charge in [-0.15, -0.1) is 0 Å². The second-order valence-electron chi connectivity index (χ2n) is 4.20. The smallest absolute Gasteiger partial charge is 0.248 e. The summed E-state index contributed by atoms with van der Waals surface area (Å²) < 4.78 is 0. The summed E-state index contributed by atoms with van der Waals surface area (Å²) >= 11 is 0. The molecule has 2 aromatic carbocycles. The van der Waals surface area contributed by atoms with E-state index in [-0.39, 0.29) is 0 Å². The number of hydrogen-bond donors (Lipinski definition) is 2. The van der Waals surface area contributed by atoms with Gasteiger partial charge in [-0.1, -0.05) is 30.3 Å². The minimum absolute atomic E-state index is 0.407. The maximum atomic E-state index is 11.4. The van der Waals surface area contributed by atoms with Crippen LogP contribution in [0.15, 0.2) is 54.7 Å². The Morgan fingerprint density at radius 3 is 2.56 bits per heavy atom. The Hall–Kier alpha value is -2.55. The lowest BCUT2D eigenvalue weighted by Gasteiger charge is -2.06. The Bertz CT molecular complexity index is 714. The topological polar surface area (TPSA) is 58.9 Å². The molecule has 1 heterocycles. The summed E-state index contributed by atoms with van der Waals surface area (Å²) in [4.78, 5) is 14.6. The third kappa shape index (κ3) is 1.66. The van der Waals surface area contributed by atoms with Gasteiger partial charge in [0.1, 0.15) is 0 Å². The van der Waals surface area contributed by atoms with Crippen molar-refractivity contribution in [2.24, 2.45) is 5.73 Å². The number of carbonyl (C=O) groups excluding carboxylic acids is 1. The van der Waals surface area contributed by atoms with Gasteiger partial charge in [0.25, 0.3) is 0 Å². The number of fused-ring (bicyclic) bond motifs is 1. The second-order valence-corrected chi connectivity index (χ2v) is 4.20. The summed E-state index contributed by atoms with van der Waals surface area (Å²) in [6, 6.07) is 15.5. The molecule has 3 nitrogen and oxygen atoms in total. The molecule has 1 aromatic heterocycles. The fourth-order valence-corrected chi connectivity index (χ4v) is 2.16. The summed E-state index contributed by atoms with van der Waals surface area (Å²) in [7, 11) is 0. The van der Waals surface area contributed by atoms with E-state index in [1.54, 1.807) is 6.07 Å². The van der Waals surface area contributed by atoms with Gasteiger partial charge in [-0.25, -0.2) is 0 Å². The number of amides is 1. The average Bonchev–Trinajstić information content (AvgIpc) is 2.86. The van der Waals surface area contributed by atoms with Gasteiger partial charge in [-0.05, 0) is 23.8 Å². The highest BCUT2D eigenvalue weighted by atomic mass is 16.1. The molecule has 0 spiro atoms. The summed E-state index contributed by atoms with van der Waals surface area (Å²) in [6.07, 6.45) is 1.86. The number of nitrogens with two attached hydrogens (primary N) is 1. The van der Waals surface area contributed by atoms with Gasteiger partial charge in [-0.2, -0.15) is 0 Å². The largest absolute Gasteiger partial charge is 0.366 e. The van der Waals surface area contributed by atoms with Crippen molar-refractivity contribution in [2.75, 3.05) is 0 Å². The number of aromatic amines is 1. The van der Waals surface area contributed by atoms with Gasteiger partial charge < -0.3 is 10.7 Å². The third-order valence-corrected chi connectivity index (χ3v) is 3.03. The number of carbonyl (C=O) groups is 1. The highest BCUT2D eigenvalue weighted by Gasteiger charge is 2.09. The van der Waals surface area contributed by atoms with Crippen LogP contribution in [0.25, 0.3) is 22.0 Å². The molecule has 88 valence electrons. The molecular formula is C15H12N2O. The Morgan fingerprint density at radius 2 is 1.83 bits per heavy atom. The first-order valence-electron chi connectivity index (χ1n) is 5.72. The quantitative estimate of drug-likeness (QED) is 0.706. The molecule has 0 saturated carbocycles. The summed E-state index contributed by atoms with van der Waals surface area (Å²) in [5.74, 6) is -0.407. The van der Waals surface area contributed by atoms with Crippen LogP contribution in [-0.4, -0.2) is 10.9 Å². The van der Waals surface area contributed by atoms with Gasteiger partial charge in [0, 0.05) is 22.7 Å². The van der Waals surface area contributed by atoms with Crippen molar-refractivity contribution in [1.82, 2.24) is 4.98 Å². The summed E-state index contributed by atoms with van der Waals surface area (Å²) in [6.45, 7) is 0. The zero-order valence-electron chi connectivity index (χ0n) is 9.68. The number of nitrogens with one attached hydrogen (secondary N) is 1. The van der Waals surface area contributed by atoms with Crippen molar-refractivity contribution in [1.29, 1.82) is 0 Å². The van der Waals surface area contributed by atoms with E-state index in [0.29, 0.717) is 5.56 Å². The van der Waals surface area contributed by atoms with Crippen molar-refractivity contribution in [3.05, 3.63) is 60.3 Å².